The maximum atomic E-state index is 13.8. The van der Waals surface area contributed by atoms with E-state index in [-0.39, 0.29) is 5.69 Å². The number of anilines is 1. The van der Waals surface area contributed by atoms with Crippen LogP contribution in [0.1, 0.15) is 10.4 Å². The van der Waals surface area contributed by atoms with Crippen LogP contribution in [0.2, 0.25) is 0 Å². The minimum atomic E-state index is -1.40. The number of aromatic nitrogens is 1. The SMILES string of the molecule is O=C(Nc1ccc(Br)nc1)c1cc(F)cc([N+](=O)[O-])c1F. The topological polar surface area (TPSA) is 85.1 Å². The molecule has 1 aromatic carbocycles. The molecule has 0 saturated heterocycles. The zero-order chi connectivity index (χ0) is 15.6. The average Bonchev–Trinajstić information content (AvgIpc) is 2.43. The van der Waals surface area contributed by atoms with E-state index in [4.69, 9.17) is 0 Å². The highest BCUT2D eigenvalue weighted by Crippen LogP contribution is 2.23. The predicted octanol–water partition coefficient (Wildman–Crippen LogP) is 3.28. The molecule has 6 nitrogen and oxygen atoms in total. The minimum absolute atomic E-state index is 0.231. The number of hydrogen-bond acceptors (Lipinski definition) is 4. The van der Waals surface area contributed by atoms with Gasteiger partial charge in [-0.1, -0.05) is 0 Å². The first-order valence-corrected chi connectivity index (χ1v) is 6.24. The van der Waals surface area contributed by atoms with E-state index in [0.717, 1.165) is 0 Å². The summed E-state index contributed by atoms with van der Waals surface area (Å²) in [7, 11) is 0. The highest BCUT2D eigenvalue weighted by atomic mass is 79.9. The van der Waals surface area contributed by atoms with Gasteiger partial charge in [-0.15, -0.1) is 0 Å². The van der Waals surface area contributed by atoms with E-state index in [1.54, 1.807) is 0 Å². The molecule has 2 rings (SSSR count). The number of pyridine rings is 1. The molecule has 1 heterocycles. The van der Waals surface area contributed by atoms with E-state index in [1.165, 1.54) is 18.3 Å². The first-order valence-electron chi connectivity index (χ1n) is 5.45. The highest BCUT2D eigenvalue weighted by molar-refractivity contribution is 9.10. The second kappa shape index (κ2) is 5.92. The number of carbonyl (C=O) groups excluding carboxylic acids is 1. The van der Waals surface area contributed by atoms with Crippen molar-refractivity contribution < 1.29 is 18.5 Å². The van der Waals surface area contributed by atoms with Crippen LogP contribution in [0.5, 0.6) is 0 Å². The predicted molar refractivity (Wildman–Crippen MR) is 72.9 cm³/mol. The molecule has 9 heteroatoms. The number of rotatable bonds is 3. The number of carbonyl (C=O) groups is 1. The van der Waals surface area contributed by atoms with Crippen LogP contribution >= 0.6 is 15.9 Å². The Morgan fingerprint density at radius 2 is 2.05 bits per heavy atom. The molecular formula is C12H6BrF2N3O3. The Morgan fingerprint density at radius 3 is 2.62 bits per heavy atom. The average molecular weight is 358 g/mol. The zero-order valence-electron chi connectivity index (χ0n) is 10.1. The maximum absolute atomic E-state index is 13.8. The molecule has 1 N–H and O–H groups in total. The molecule has 0 spiro atoms. The van der Waals surface area contributed by atoms with E-state index in [2.05, 4.69) is 26.2 Å². The molecule has 0 unspecified atom stereocenters. The van der Waals surface area contributed by atoms with Gasteiger partial charge in [-0.25, -0.2) is 9.37 Å². The number of amides is 1. The van der Waals surface area contributed by atoms with Crippen molar-refractivity contribution in [1.29, 1.82) is 0 Å². The molecule has 1 aromatic heterocycles. The van der Waals surface area contributed by atoms with Gasteiger partial charge in [0.25, 0.3) is 5.91 Å². The van der Waals surface area contributed by atoms with Crippen LogP contribution < -0.4 is 5.32 Å². The summed E-state index contributed by atoms with van der Waals surface area (Å²) >= 11 is 3.09. The summed E-state index contributed by atoms with van der Waals surface area (Å²) < 4.78 is 27.6. The summed E-state index contributed by atoms with van der Waals surface area (Å²) in [6.07, 6.45) is 1.29. The van der Waals surface area contributed by atoms with Crippen LogP contribution in [-0.2, 0) is 0 Å². The fraction of sp³-hybridized carbons (Fsp3) is 0. The molecule has 0 aliphatic carbocycles. The molecule has 1 amide bonds. The summed E-state index contributed by atoms with van der Waals surface area (Å²) in [5.74, 6) is -3.50. The van der Waals surface area contributed by atoms with Crippen molar-refractivity contribution in [2.75, 3.05) is 5.32 Å². The third kappa shape index (κ3) is 3.37. The Bertz CT molecular complexity index is 722. The van der Waals surface area contributed by atoms with E-state index < -0.39 is 33.7 Å². The van der Waals surface area contributed by atoms with Crippen LogP contribution in [0.15, 0.2) is 35.1 Å². The second-order valence-corrected chi connectivity index (χ2v) is 4.68. The Hall–Kier alpha value is -2.42. The Labute approximate surface area is 125 Å². The molecule has 0 atom stereocenters. The standard InChI is InChI=1S/C12H6BrF2N3O3/c13-10-2-1-7(5-16-10)17-12(19)8-3-6(14)4-9(11(8)15)18(20)21/h1-5H,(H,17,19). The number of benzene rings is 1. The number of nitro benzene ring substituents is 1. The molecule has 0 aliphatic heterocycles. The molecule has 0 saturated carbocycles. The lowest BCUT2D eigenvalue weighted by molar-refractivity contribution is -0.387. The molecule has 0 aliphatic rings. The van der Waals surface area contributed by atoms with Crippen molar-refractivity contribution in [1.82, 2.24) is 4.98 Å². The first-order chi connectivity index (χ1) is 9.88. The van der Waals surface area contributed by atoms with Crippen molar-refractivity contribution in [3.05, 3.63) is 62.4 Å². The van der Waals surface area contributed by atoms with Gasteiger partial charge in [0.1, 0.15) is 10.4 Å². The van der Waals surface area contributed by atoms with Gasteiger partial charge in [-0.05, 0) is 34.1 Å². The van der Waals surface area contributed by atoms with Crippen LogP contribution in [0.25, 0.3) is 0 Å². The lowest BCUT2D eigenvalue weighted by Gasteiger charge is -2.06. The van der Waals surface area contributed by atoms with Crippen molar-refractivity contribution in [3.8, 4) is 0 Å². The summed E-state index contributed by atoms with van der Waals surface area (Å²) in [6, 6.07) is 4.00. The van der Waals surface area contributed by atoms with Crippen LogP contribution in [0.4, 0.5) is 20.2 Å². The number of nitrogens with zero attached hydrogens (tertiary/aromatic N) is 2. The summed E-state index contributed by atoms with van der Waals surface area (Å²) in [5, 5.41) is 12.9. The first kappa shape index (κ1) is 15.0. The van der Waals surface area contributed by atoms with Gasteiger partial charge in [-0.3, -0.25) is 14.9 Å². The molecule has 108 valence electrons. The van der Waals surface area contributed by atoms with Crippen LogP contribution in [-0.4, -0.2) is 15.8 Å². The fourth-order valence-electron chi connectivity index (χ4n) is 1.52. The number of nitrogens with one attached hydrogen (secondary N) is 1. The highest BCUT2D eigenvalue weighted by Gasteiger charge is 2.24. The van der Waals surface area contributed by atoms with Gasteiger partial charge in [0.2, 0.25) is 5.82 Å². The number of hydrogen-bond donors (Lipinski definition) is 1. The molecular weight excluding hydrogens is 352 g/mol. The van der Waals surface area contributed by atoms with Crippen LogP contribution in [0.3, 0.4) is 0 Å². The summed E-state index contributed by atoms with van der Waals surface area (Å²) in [4.78, 5) is 25.2. The monoisotopic (exact) mass is 357 g/mol. The molecule has 0 fully saturated rings. The normalized spacial score (nSPS) is 10.2. The summed E-state index contributed by atoms with van der Waals surface area (Å²) in [5.41, 5.74) is -1.63. The Kier molecular flexibility index (Phi) is 4.22. The maximum Gasteiger partial charge on any atom is 0.308 e. The molecule has 2 aromatic rings. The molecule has 21 heavy (non-hydrogen) atoms. The second-order valence-electron chi connectivity index (χ2n) is 3.87. The van der Waals surface area contributed by atoms with E-state index >= 15 is 0 Å². The van der Waals surface area contributed by atoms with Gasteiger partial charge in [0, 0.05) is 0 Å². The van der Waals surface area contributed by atoms with Gasteiger partial charge in [0.05, 0.1) is 28.4 Å². The third-order valence-corrected chi connectivity index (χ3v) is 2.91. The Balaban J connectivity index is 2.35. The third-order valence-electron chi connectivity index (χ3n) is 2.44. The number of nitro groups is 1. The van der Waals surface area contributed by atoms with Gasteiger partial charge in [0.15, 0.2) is 0 Å². The van der Waals surface area contributed by atoms with Crippen molar-refractivity contribution in [2.45, 2.75) is 0 Å². The molecule has 0 bridgehead atoms. The smallest absolute Gasteiger partial charge is 0.308 e. The van der Waals surface area contributed by atoms with Crippen molar-refractivity contribution in [3.63, 3.8) is 0 Å². The largest absolute Gasteiger partial charge is 0.320 e. The lowest BCUT2D eigenvalue weighted by atomic mass is 10.1. The molecule has 0 radical (unpaired) electrons. The van der Waals surface area contributed by atoms with E-state index in [1.807, 2.05) is 0 Å². The Morgan fingerprint density at radius 1 is 1.33 bits per heavy atom. The van der Waals surface area contributed by atoms with Gasteiger partial charge < -0.3 is 5.32 Å². The quantitative estimate of drug-likeness (QED) is 0.518. The van der Waals surface area contributed by atoms with Crippen molar-refractivity contribution >= 4 is 33.2 Å². The zero-order valence-corrected chi connectivity index (χ0v) is 11.7. The fourth-order valence-corrected chi connectivity index (χ4v) is 1.76. The minimum Gasteiger partial charge on any atom is -0.320 e. The van der Waals surface area contributed by atoms with E-state index in [0.29, 0.717) is 16.7 Å². The van der Waals surface area contributed by atoms with E-state index in [9.17, 15) is 23.7 Å². The number of halogens is 3. The van der Waals surface area contributed by atoms with Gasteiger partial charge in [-0.2, -0.15) is 4.39 Å². The van der Waals surface area contributed by atoms with Crippen molar-refractivity contribution in [2.24, 2.45) is 0 Å². The van der Waals surface area contributed by atoms with Crippen LogP contribution in [0, 0.1) is 21.7 Å². The van der Waals surface area contributed by atoms with Gasteiger partial charge >= 0.3 is 5.69 Å². The summed E-state index contributed by atoms with van der Waals surface area (Å²) in [6.45, 7) is 0. The lowest BCUT2D eigenvalue weighted by Crippen LogP contribution is -2.15.